The average Bonchev–Trinajstić information content (AvgIpc) is 2.80. The molecule has 0 spiro atoms. The maximum absolute atomic E-state index is 13.4. The monoisotopic (exact) mass is 531 g/mol. The topological polar surface area (TPSA) is 96.0 Å². The van der Waals surface area contributed by atoms with Gasteiger partial charge in [-0.25, -0.2) is 8.42 Å². The van der Waals surface area contributed by atoms with Gasteiger partial charge < -0.3 is 15.0 Å². The molecular weight excluding hydrogens is 490 g/mol. The molecule has 204 valence electrons. The third-order valence-corrected chi connectivity index (χ3v) is 7.05. The van der Waals surface area contributed by atoms with Crippen LogP contribution in [0, 0.1) is 6.92 Å². The highest BCUT2D eigenvalue weighted by molar-refractivity contribution is 7.92. The first-order valence-electron chi connectivity index (χ1n) is 12.6. The molecule has 0 radical (unpaired) electrons. The van der Waals surface area contributed by atoms with Crippen molar-refractivity contribution in [2.75, 3.05) is 23.7 Å². The van der Waals surface area contributed by atoms with Gasteiger partial charge in [-0.15, -0.1) is 0 Å². The van der Waals surface area contributed by atoms with Gasteiger partial charge in [-0.2, -0.15) is 0 Å². The molecule has 9 heteroatoms. The van der Waals surface area contributed by atoms with E-state index in [4.69, 9.17) is 4.74 Å². The van der Waals surface area contributed by atoms with Crippen LogP contribution in [0.3, 0.4) is 0 Å². The number of carbonyl (C=O) groups excluding carboxylic acids is 2. The number of benzene rings is 2. The summed E-state index contributed by atoms with van der Waals surface area (Å²) in [7, 11) is -3.56. The zero-order valence-electron chi connectivity index (χ0n) is 23.1. The summed E-state index contributed by atoms with van der Waals surface area (Å²) in [4.78, 5) is 27.9. The largest absolute Gasteiger partial charge is 0.494 e. The molecule has 0 aliphatic carbocycles. The Balaban J connectivity index is 2.19. The van der Waals surface area contributed by atoms with Gasteiger partial charge >= 0.3 is 0 Å². The molecule has 1 atom stereocenters. The van der Waals surface area contributed by atoms with E-state index in [1.165, 1.54) is 4.31 Å². The van der Waals surface area contributed by atoms with E-state index in [0.29, 0.717) is 31.0 Å². The number of aryl methyl sites for hydroxylation is 1. The summed E-state index contributed by atoms with van der Waals surface area (Å²) in [6.45, 7) is 12.2. The minimum atomic E-state index is -3.56. The lowest BCUT2D eigenvalue weighted by Gasteiger charge is -2.32. The van der Waals surface area contributed by atoms with Crippen molar-refractivity contribution < 1.29 is 22.7 Å². The Morgan fingerprint density at radius 3 is 2.22 bits per heavy atom. The molecule has 0 saturated carbocycles. The number of hydrogen-bond acceptors (Lipinski definition) is 5. The molecule has 1 N–H and O–H groups in total. The van der Waals surface area contributed by atoms with Crippen LogP contribution in [-0.2, 0) is 26.2 Å². The van der Waals surface area contributed by atoms with Crippen LogP contribution in [0.4, 0.5) is 5.69 Å². The molecule has 8 nitrogen and oxygen atoms in total. The van der Waals surface area contributed by atoms with Crippen LogP contribution in [0.1, 0.15) is 58.6 Å². The fraction of sp³-hybridized carbons (Fsp3) is 0.500. The zero-order chi connectivity index (χ0) is 27.8. The summed E-state index contributed by atoms with van der Waals surface area (Å²) in [6, 6.07) is 13.9. The standard InChI is InChI=1S/C28H41N3O5S/c1-8-36-25-17-15-24(16-18-25)31(37(7,34)35)19-11-14-26(32)30(20-23-13-10-9-12-21(23)2)22(3)27(33)29-28(4,5)6/h9-10,12-13,15-18,22H,8,11,14,19-20H2,1-7H3,(H,29,33). The van der Waals surface area contributed by atoms with Crippen molar-refractivity contribution in [1.29, 1.82) is 0 Å². The minimum absolute atomic E-state index is 0.0993. The Morgan fingerprint density at radius 2 is 1.68 bits per heavy atom. The number of anilines is 1. The van der Waals surface area contributed by atoms with Gasteiger partial charge in [0.1, 0.15) is 11.8 Å². The van der Waals surface area contributed by atoms with E-state index in [9.17, 15) is 18.0 Å². The van der Waals surface area contributed by atoms with Gasteiger partial charge in [0.05, 0.1) is 18.6 Å². The number of nitrogens with one attached hydrogen (secondary N) is 1. The Kier molecular flexibility index (Phi) is 10.5. The lowest BCUT2D eigenvalue weighted by atomic mass is 10.1. The first-order chi connectivity index (χ1) is 17.2. The fourth-order valence-electron chi connectivity index (χ4n) is 3.91. The molecule has 0 aliphatic heterocycles. The van der Waals surface area contributed by atoms with Crippen molar-refractivity contribution in [3.05, 3.63) is 59.7 Å². The molecule has 0 fully saturated rings. The van der Waals surface area contributed by atoms with Crippen molar-refractivity contribution in [1.82, 2.24) is 10.2 Å². The lowest BCUT2D eigenvalue weighted by Crippen LogP contribution is -2.52. The number of ether oxygens (including phenoxy) is 1. The fourth-order valence-corrected chi connectivity index (χ4v) is 4.87. The third-order valence-electron chi connectivity index (χ3n) is 5.86. The van der Waals surface area contributed by atoms with Crippen molar-refractivity contribution in [2.45, 2.75) is 72.5 Å². The molecule has 2 amide bonds. The first kappa shape index (κ1) is 30.2. The predicted octanol–water partition coefficient (Wildman–Crippen LogP) is 4.27. The smallest absolute Gasteiger partial charge is 0.242 e. The Bertz CT molecular complexity index is 1160. The number of amides is 2. The van der Waals surface area contributed by atoms with E-state index in [-0.39, 0.29) is 24.8 Å². The number of sulfonamides is 1. The van der Waals surface area contributed by atoms with Crippen LogP contribution >= 0.6 is 0 Å². The van der Waals surface area contributed by atoms with Gasteiger partial charge in [0.2, 0.25) is 21.8 Å². The highest BCUT2D eigenvalue weighted by Crippen LogP contribution is 2.23. The van der Waals surface area contributed by atoms with Crippen molar-refractivity contribution in [2.24, 2.45) is 0 Å². The van der Waals surface area contributed by atoms with Gasteiger partial charge in [-0.3, -0.25) is 13.9 Å². The quantitative estimate of drug-likeness (QED) is 0.441. The van der Waals surface area contributed by atoms with Crippen LogP contribution in [0.5, 0.6) is 5.75 Å². The summed E-state index contributed by atoms with van der Waals surface area (Å²) >= 11 is 0. The number of hydrogen-bond donors (Lipinski definition) is 1. The predicted molar refractivity (Wildman–Crippen MR) is 148 cm³/mol. The Hall–Kier alpha value is -3.07. The molecular formula is C28H41N3O5S. The van der Waals surface area contributed by atoms with Crippen molar-refractivity contribution in [3.63, 3.8) is 0 Å². The molecule has 0 saturated heterocycles. The van der Waals surface area contributed by atoms with Crippen molar-refractivity contribution in [3.8, 4) is 5.75 Å². The molecule has 1 unspecified atom stereocenters. The molecule has 0 aliphatic rings. The Morgan fingerprint density at radius 1 is 1.05 bits per heavy atom. The van der Waals surface area contributed by atoms with E-state index in [1.54, 1.807) is 36.1 Å². The summed E-state index contributed by atoms with van der Waals surface area (Å²) < 4.78 is 31.7. The summed E-state index contributed by atoms with van der Waals surface area (Å²) in [5.41, 5.74) is 2.06. The van der Waals surface area contributed by atoms with Crippen LogP contribution in [0.2, 0.25) is 0 Å². The molecule has 0 aromatic heterocycles. The van der Waals surface area contributed by atoms with Gasteiger partial charge in [0.25, 0.3) is 0 Å². The Labute approximate surface area is 222 Å². The number of nitrogens with zero attached hydrogens (tertiary/aromatic N) is 2. The first-order valence-corrected chi connectivity index (χ1v) is 14.4. The average molecular weight is 532 g/mol. The van der Waals surface area contributed by atoms with E-state index in [1.807, 2.05) is 58.9 Å². The molecule has 37 heavy (non-hydrogen) atoms. The van der Waals surface area contributed by atoms with Crippen LogP contribution < -0.4 is 14.4 Å². The second-order valence-corrected chi connectivity index (χ2v) is 12.1. The minimum Gasteiger partial charge on any atom is -0.494 e. The summed E-state index contributed by atoms with van der Waals surface area (Å²) in [6.07, 6.45) is 1.55. The highest BCUT2D eigenvalue weighted by atomic mass is 32.2. The zero-order valence-corrected chi connectivity index (χ0v) is 23.9. The van der Waals surface area contributed by atoms with Gasteiger partial charge in [0.15, 0.2) is 0 Å². The van der Waals surface area contributed by atoms with Crippen LogP contribution in [-0.4, -0.2) is 56.1 Å². The number of rotatable bonds is 12. The van der Waals surface area contributed by atoms with Gasteiger partial charge in [0, 0.05) is 25.0 Å². The normalized spacial score (nSPS) is 12.5. The van der Waals surface area contributed by atoms with E-state index in [0.717, 1.165) is 17.4 Å². The van der Waals surface area contributed by atoms with E-state index < -0.39 is 21.6 Å². The number of carbonyl (C=O) groups is 2. The van der Waals surface area contributed by atoms with E-state index in [2.05, 4.69) is 5.32 Å². The molecule has 2 aromatic rings. The summed E-state index contributed by atoms with van der Waals surface area (Å²) in [5, 5.41) is 2.95. The van der Waals surface area contributed by atoms with Gasteiger partial charge in [-0.05, 0) is 83.4 Å². The lowest BCUT2D eigenvalue weighted by molar-refractivity contribution is -0.141. The molecule has 0 bridgehead atoms. The van der Waals surface area contributed by atoms with Crippen LogP contribution in [0.25, 0.3) is 0 Å². The SMILES string of the molecule is CCOc1ccc(N(CCCC(=O)N(Cc2ccccc2C)C(C)C(=O)NC(C)(C)C)S(C)(=O)=O)cc1. The van der Waals surface area contributed by atoms with Crippen LogP contribution in [0.15, 0.2) is 48.5 Å². The third kappa shape index (κ3) is 9.39. The maximum Gasteiger partial charge on any atom is 0.242 e. The molecule has 0 heterocycles. The highest BCUT2D eigenvalue weighted by Gasteiger charge is 2.29. The summed E-state index contributed by atoms with van der Waals surface area (Å²) in [5.74, 6) is 0.214. The van der Waals surface area contributed by atoms with Gasteiger partial charge in [-0.1, -0.05) is 24.3 Å². The van der Waals surface area contributed by atoms with Crippen molar-refractivity contribution >= 4 is 27.5 Å². The second-order valence-electron chi connectivity index (χ2n) is 10.2. The molecule has 2 rings (SSSR count). The van der Waals surface area contributed by atoms with E-state index >= 15 is 0 Å². The molecule has 2 aromatic carbocycles. The maximum atomic E-state index is 13.4. The second kappa shape index (κ2) is 12.9.